The maximum Gasteiger partial charge on any atom is 0.242 e. The Hall–Kier alpha value is -1.71. The van der Waals surface area contributed by atoms with E-state index in [0.29, 0.717) is 5.39 Å². The summed E-state index contributed by atoms with van der Waals surface area (Å²) in [5.41, 5.74) is 0.747. The van der Waals surface area contributed by atoms with Crippen molar-refractivity contribution >= 4 is 10.9 Å². The topological polar surface area (TPSA) is 128 Å². The number of aromatic amines is 1. The third-order valence-electron chi connectivity index (χ3n) is 3.51. The molecule has 1 fully saturated rings. The van der Waals surface area contributed by atoms with Gasteiger partial charge in [0.2, 0.25) is 12.2 Å². The van der Waals surface area contributed by atoms with Gasteiger partial charge in [-0.05, 0) is 12.1 Å². The molecule has 1 aliphatic rings. The van der Waals surface area contributed by atoms with Crippen molar-refractivity contribution in [2.75, 3.05) is 6.61 Å². The molecule has 5 atom stereocenters. The zero-order valence-electron chi connectivity index (χ0n) is 11.0. The number of rotatable bonds is 3. The molecule has 2 heterocycles. The van der Waals surface area contributed by atoms with Crippen LogP contribution in [0.5, 0.6) is 5.88 Å². The van der Waals surface area contributed by atoms with E-state index in [4.69, 9.17) is 14.6 Å². The van der Waals surface area contributed by atoms with Gasteiger partial charge in [0, 0.05) is 0 Å². The molecule has 1 aromatic carbocycles. The highest BCUT2D eigenvalue weighted by Crippen LogP contribution is 2.27. The minimum atomic E-state index is -1.48. The highest BCUT2D eigenvalue weighted by Gasteiger charge is 2.45. The Kier molecular flexibility index (Phi) is 3.79. The zero-order chi connectivity index (χ0) is 15.0. The monoisotopic (exact) mass is 296 g/mol. The first-order valence-corrected chi connectivity index (χ1v) is 6.52. The van der Waals surface area contributed by atoms with E-state index in [0.717, 1.165) is 5.52 Å². The molecule has 0 aliphatic carbocycles. The second-order valence-corrected chi connectivity index (χ2v) is 4.89. The summed E-state index contributed by atoms with van der Waals surface area (Å²) in [4.78, 5) is 0. The Morgan fingerprint density at radius 2 is 1.90 bits per heavy atom. The molecule has 0 spiro atoms. The number of aliphatic hydroxyl groups is 4. The lowest BCUT2D eigenvalue weighted by atomic mass is 9.99. The van der Waals surface area contributed by atoms with Gasteiger partial charge in [-0.2, -0.15) is 0 Å². The van der Waals surface area contributed by atoms with Gasteiger partial charge in [0.05, 0.1) is 17.5 Å². The van der Waals surface area contributed by atoms with E-state index in [1.165, 1.54) is 0 Å². The largest absolute Gasteiger partial charge is 0.443 e. The van der Waals surface area contributed by atoms with Crippen LogP contribution >= 0.6 is 0 Å². The molecule has 114 valence electrons. The van der Waals surface area contributed by atoms with Crippen LogP contribution in [0, 0.1) is 0 Å². The summed E-state index contributed by atoms with van der Waals surface area (Å²) in [6, 6.07) is 7.22. The number of H-pyrrole nitrogens is 1. The average molecular weight is 296 g/mol. The molecule has 8 heteroatoms. The second kappa shape index (κ2) is 5.58. The lowest BCUT2D eigenvalue weighted by Crippen LogP contribution is -2.60. The molecule has 21 heavy (non-hydrogen) atoms. The van der Waals surface area contributed by atoms with Gasteiger partial charge in [-0.25, -0.2) is 0 Å². The number of hydrogen-bond acceptors (Lipinski definition) is 7. The summed E-state index contributed by atoms with van der Waals surface area (Å²) < 4.78 is 10.7. The third kappa shape index (κ3) is 2.47. The fourth-order valence-electron chi connectivity index (χ4n) is 2.30. The van der Waals surface area contributed by atoms with Crippen LogP contribution in [0.3, 0.4) is 0 Å². The van der Waals surface area contributed by atoms with Crippen LogP contribution in [-0.2, 0) is 4.74 Å². The quantitative estimate of drug-likeness (QED) is 0.478. The number of hydrogen-bond donors (Lipinski definition) is 5. The van der Waals surface area contributed by atoms with Gasteiger partial charge >= 0.3 is 0 Å². The van der Waals surface area contributed by atoms with E-state index in [2.05, 4.69) is 10.2 Å². The summed E-state index contributed by atoms with van der Waals surface area (Å²) in [5.74, 6) is 0.204. The zero-order valence-corrected chi connectivity index (χ0v) is 11.0. The van der Waals surface area contributed by atoms with Crippen molar-refractivity contribution < 1.29 is 29.9 Å². The predicted molar refractivity (Wildman–Crippen MR) is 70.5 cm³/mol. The normalized spacial score (nSPS) is 33.2. The van der Waals surface area contributed by atoms with Crippen molar-refractivity contribution in [3.63, 3.8) is 0 Å². The molecule has 1 saturated heterocycles. The maximum atomic E-state index is 9.91. The summed E-state index contributed by atoms with van der Waals surface area (Å²) >= 11 is 0. The van der Waals surface area contributed by atoms with Crippen molar-refractivity contribution in [2.24, 2.45) is 0 Å². The smallest absolute Gasteiger partial charge is 0.242 e. The number of ether oxygens (including phenoxy) is 2. The van der Waals surface area contributed by atoms with Gasteiger partial charge < -0.3 is 29.9 Å². The molecule has 1 unspecified atom stereocenters. The van der Waals surface area contributed by atoms with Crippen molar-refractivity contribution in [3.8, 4) is 5.88 Å². The van der Waals surface area contributed by atoms with Crippen LogP contribution in [0.1, 0.15) is 0 Å². The van der Waals surface area contributed by atoms with Crippen molar-refractivity contribution in [1.29, 1.82) is 0 Å². The van der Waals surface area contributed by atoms with E-state index >= 15 is 0 Å². The molecular formula is C13H16N2O6. The maximum absolute atomic E-state index is 9.91. The number of aliphatic hydroxyl groups excluding tert-OH is 4. The molecule has 1 aromatic heterocycles. The Morgan fingerprint density at radius 1 is 1.14 bits per heavy atom. The molecular weight excluding hydrogens is 280 g/mol. The van der Waals surface area contributed by atoms with Gasteiger partial charge in [-0.1, -0.05) is 12.1 Å². The first-order chi connectivity index (χ1) is 10.1. The van der Waals surface area contributed by atoms with Gasteiger partial charge in [-0.3, -0.25) is 5.10 Å². The number of aromatic nitrogens is 2. The Bertz CT molecular complexity index is 615. The lowest BCUT2D eigenvalue weighted by Gasteiger charge is -2.39. The van der Waals surface area contributed by atoms with Crippen LogP contribution < -0.4 is 4.74 Å². The van der Waals surface area contributed by atoms with Crippen molar-refractivity contribution in [1.82, 2.24) is 10.2 Å². The fourth-order valence-corrected chi connectivity index (χ4v) is 2.30. The van der Waals surface area contributed by atoms with E-state index in [1.807, 2.05) is 12.1 Å². The van der Waals surface area contributed by atoms with E-state index in [1.54, 1.807) is 12.1 Å². The molecule has 8 nitrogen and oxygen atoms in total. The van der Waals surface area contributed by atoms with E-state index in [9.17, 15) is 15.3 Å². The molecule has 2 aromatic rings. The number of benzene rings is 1. The van der Waals surface area contributed by atoms with E-state index in [-0.39, 0.29) is 5.88 Å². The third-order valence-corrected chi connectivity index (χ3v) is 3.51. The predicted octanol–water partition coefficient (Wildman–Crippen LogP) is -1.26. The summed E-state index contributed by atoms with van der Waals surface area (Å²) in [5, 5.41) is 45.9. The number of fused-ring (bicyclic) bond motifs is 1. The number of para-hydroxylation sites is 1. The lowest BCUT2D eigenvalue weighted by molar-refractivity contribution is -0.277. The first kappa shape index (κ1) is 14.2. The molecule has 0 bridgehead atoms. The first-order valence-electron chi connectivity index (χ1n) is 6.52. The van der Waals surface area contributed by atoms with Crippen molar-refractivity contribution in [2.45, 2.75) is 30.7 Å². The molecule has 0 saturated carbocycles. The standard InChI is InChI=1S/C13H16N2O6/c16-5-8-9(17)10(18)11(19)13(20-8)21-12-6-3-1-2-4-7(6)14-15-12/h1-4,8-11,13,16-19H,5H2,(H,14,15)/t8-,9-,10+,11-,13?/m1/s1. The summed E-state index contributed by atoms with van der Waals surface area (Å²) in [7, 11) is 0. The molecule has 5 N–H and O–H groups in total. The number of nitrogens with zero attached hydrogens (tertiary/aromatic N) is 1. The fraction of sp³-hybridized carbons (Fsp3) is 0.462. The van der Waals surface area contributed by atoms with Gasteiger partial charge in [0.25, 0.3) is 0 Å². The minimum Gasteiger partial charge on any atom is -0.443 e. The Labute approximate surface area is 119 Å². The molecule has 3 rings (SSSR count). The molecule has 1 aliphatic heterocycles. The number of nitrogens with one attached hydrogen (secondary N) is 1. The van der Waals surface area contributed by atoms with Crippen LogP contribution in [0.25, 0.3) is 10.9 Å². The highest BCUT2D eigenvalue weighted by atomic mass is 16.7. The van der Waals surface area contributed by atoms with Crippen LogP contribution in [-0.4, -0.2) is 67.9 Å². The summed E-state index contributed by atoms with van der Waals surface area (Å²) in [6.45, 7) is -0.508. The van der Waals surface area contributed by atoms with Crippen LogP contribution in [0.4, 0.5) is 0 Å². The van der Waals surface area contributed by atoms with E-state index < -0.39 is 37.3 Å². The summed E-state index contributed by atoms with van der Waals surface area (Å²) in [6.07, 6.45) is -6.61. The van der Waals surface area contributed by atoms with Crippen LogP contribution in [0.2, 0.25) is 0 Å². The highest BCUT2D eigenvalue weighted by molar-refractivity contribution is 5.83. The van der Waals surface area contributed by atoms with Crippen molar-refractivity contribution in [3.05, 3.63) is 24.3 Å². The molecule has 0 radical (unpaired) electrons. The minimum absolute atomic E-state index is 0.204. The van der Waals surface area contributed by atoms with Gasteiger partial charge in [-0.15, -0.1) is 5.10 Å². The van der Waals surface area contributed by atoms with Gasteiger partial charge in [0.1, 0.15) is 24.4 Å². The SMILES string of the molecule is OC[C@H]1OC(Oc2n[nH]c3ccccc23)[C@H](O)[C@@H](O)[C@@H]1O. The Balaban J connectivity index is 1.83. The van der Waals surface area contributed by atoms with Crippen LogP contribution in [0.15, 0.2) is 24.3 Å². The second-order valence-electron chi connectivity index (χ2n) is 4.89. The molecule has 0 amide bonds. The van der Waals surface area contributed by atoms with Gasteiger partial charge in [0.15, 0.2) is 0 Å². The Morgan fingerprint density at radius 3 is 2.67 bits per heavy atom. The average Bonchev–Trinajstić information content (AvgIpc) is 2.91.